The van der Waals surface area contributed by atoms with Crippen LogP contribution in [0.25, 0.3) is 0 Å². The molecule has 29 heavy (non-hydrogen) atoms. The fraction of sp³-hybridized carbons (Fsp3) is 0.435. The van der Waals surface area contributed by atoms with E-state index < -0.39 is 6.04 Å². The van der Waals surface area contributed by atoms with Crippen LogP contribution >= 0.6 is 0 Å². The van der Waals surface area contributed by atoms with Crippen molar-refractivity contribution >= 4 is 17.5 Å². The molecular formula is C23H31N4O2+. The van der Waals surface area contributed by atoms with Crippen LogP contribution in [-0.2, 0) is 4.79 Å². The van der Waals surface area contributed by atoms with Crippen LogP contribution in [0, 0.1) is 12.8 Å². The van der Waals surface area contributed by atoms with E-state index in [1.165, 1.54) is 0 Å². The quantitative estimate of drug-likeness (QED) is 0.816. The molecule has 0 unspecified atom stereocenters. The normalized spacial score (nSPS) is 15.3. The lowest BCUT2D eigenvalue weighted by atomic mass is 10.0. The number of carbonyl (C=O) groups is 2. The van der Waals surface area contributed by atoms with Crippen molar-refractivity contribution in [3.8, 4) is 0 Å². The Labute approximate surface area is 172 Å². The van der Waals surface area contributed by atoms with E-state index in [-0.39, 0.29) is 11.8 Å². The molecule has 0 saturated carbocycles. The average Bonchev–Trinajstić information content (AvgIpc) is 2.73. The van der Waals surface area contributed by atoms with Gasteiger partial charge in [-0.2, -0.15) is 0 Å². The Hall–Kier alpha value is -2.89. The summed E-state index contributed by atoms with van der Waals surface area (Å²) in [5.74, 6) is 0.144. The number of amides is 2. The number of hydrogen-bond donors (Lipinski definition) is 1. The lowest BCUT2D eigenvalue weighted by Gasteiger charge is -2.37. The number of anilines is 1. The second-order valence-electron chi connectivity index (χ2n) is 8.04. The number of hydrogen-bond acceptors (Lipinski definition) is 3. The Morgan fingerprint density at radius 1 is 1.03 bits per heavy atom. The Balaban J connectivity index is 1.65. The van der Waals surface area contributed by atoms with E-state index in [1.807, 2.05) is 54.5 Å². The van der Waals surface area contributed by atoms with Gasteiger partial charge in [0.05, 0.1) is 0 Å². The smallest absolute Gasteiger partial charge is 0.252 e. The number of aromatic nitrogens is 1. The number of benzene rings is 1. The van der Waals surface area contributed by atoms with Crippen molar-refractivity contribution in [1.29, 1.82) is 0 Å². The molecule has 2 amide bonds. The Morgan fingerprint density at radius 3 is 2.31 bits per heavy atom. The molecule has 1 aliphatic rings. The lowest BCUT2D eigenvalue weighted by Crippen LogP contribution is -2.55. The number of nitrogens with zero attached hydrogens (tertiary/aromatic N) is 2. The highest BCUT2D eigenvalue weighted by molar-refractivity contribution is 5.98. The maximum atomic E-state index is 13.2. The monoisotopic (exact) mass is 395 g/mol. The van der Waals surface area contributed by atoms with Crippen molar-refractivity contribution < 1.29 is 14.6 Å². The van der Waals surface area contributed by atoms with Gasteiger partial charge in [-0.1, -0.05) is 32.0 Å². The largest absolute Gasteiger partial charge is 0.368 e. The summed E-state index contributed by atoms with van der Waals surface area (Å²) in [7, 11) is 0. The highest BCUT2D eigenvalue weighted by atomic mass is 16.2. The first-order chi connectivity index (χ1) is 14.0. The molecule has 154 valence electrons. The molecule has 2 aromatic rings. The Kier molecular flexibility index (Phi) is 6.86. The molecule has 1 atom stereocenters. The first-order valence-electron chi connectivity index (χ1n) is 10.3. The minimum absolute atomic E-state index is 0.0154. The van der Waals surface area contributed by atoms with E-state index in [1.54, 1.807) is 6.07 Å². The number of aromatic amines is 1. The molecule has 1 saturated heterocycles. The molecule has 1 fully saturated rings. The zero-order valence-corrected chi connectivity index (χ0v) is 17.5. The van der Waals surface area contributed by atoms with Gasteiger partial charge in [-0.05, 0) is 30.9 Å². The molecule has 1 aliphatic heterocycles. The van der Waals surface area contributed by atoms with Gasteiger partial charge >= 0.3 is 0 Å². The highest BCUT2D eigenvalue weighted by Gasteiger charge is 2.29. The highest BCUT2D eigenvalue weighted by Crippen LogP contribution is 2.16. The molecule has 0 radical (unpaired) electrons. The summed E-state index contributed by atoms with van der Waals surface area (Å²) in [5.41, 5.74) is 2.69. The van der Waals surface area contributed by atoms with Crippen LogP contribution in [0.4, 0.5) is 5.69 Å². The first-order valence-corrected chi connectivity index (χ1v) is 10.3. The van der Waals surface area contributed by atoms with Crippen molar-refractivity contribution in [3.05, 3.63) is 59.9 Å². The van der Waals surface area contributed by atoms with E-state index in [2.05, 4.69) is 29.0 Å². The van der Waals surface area contributed by atoms with Gasteiger partial charge < -0.3 is 15.1 Å². The lowest BCUT2D eigenvalue weighted by molar-refractivity contribution is -0.377. The number of carbonyl (C=O) groups excluding carboxylic acids is 2. The molecule has 0 aliphatic carbocycles. The summed E-state index contributed by atoms with van der Waals surface area (Å²) < 4.78 is 0. The van der Waals surface area contributed by atoms with Gasteiger partial charge in [-0.3, -0.25) is 9.59 Å². The maximum absolute atomic E-state index is 13.2. The molecule has 3 rings (SSSR count). The van der Waals surface area contributed by atoms with Crippen LogP contribution in [-0.4, -0.2) is 48.9 Å². The van der Waals surface area contributed by atoms with Crippen LogP contribution in [0.15, 0.2) is 48.8 Å². The van der Waals surface area contributed by atoms with Gasteiger partial charge in [0.2, 0.25) is 5.91 Å². The van der Waals surface area contributed by atoms with E-state index in [4.69, 9.17) is 0 Å². The SMILES string of the molecule is Cc1ccccc1C(=O)N[C@H](CC(C)C)C(=O)N1CCN(c2cc[nH+]cc2)CC1. The predicted octanol–water partition coefficient (Wildman–Crippen LogP) is 2.30. The summed E-state index contributed by atoms with van der Waals surface area (Å²) >= 11 is 0. The number of H-pyrrole nitrogens is 1. The van der Waals surface area contributed by atoms with Crippen molar-refractivity contribution in [2.24, 2.45) is 5.92 Å². The van der Waals surface area contributed by atoms with Crippen LogP contribution in [0.5, 0.6) is 0 Å². The van der Waals surface area contributed by atoms with E-state index in [9.17, 15) is 9.59 Å². The van der Waals surface area contributed by atoms with Crippen LogP contribution in [0.1, 0.15) is 36.2 Å². The zero-order chi connectivity index (χ0) is 20.8. The first kappa shape index (κ1) is 20.8. The van der Waals surface area contributed by atoms with Crippen LogP contribution in [0.2, 0.25) is 0 Å². The van der Waals surface area contributed by atoms with Crippen molar-refractivity contribution in [2.45, 2.75) is 33.2 Å². The van der Waals surface area contributed by atoms with Gasteiger partial charge in [0.1, 0.15) is 6.04 Å². The molecule has 0 spiro atoms. The van der Waals surface area contributed by atoms with Crippen molar-refractivity contribution in [1.82, 2.24) is 10.2 Å². The van der Waals surface area contributed by atoms with Gasteiger partial charge in [-0.15, -0.1) is 0 Å². The van der Waals surface area contributed by atoms with E-state index in [0.717, 1.165) is 24.3 Å². The standard InChI is InChI=1S/C23H30N4O2/c1-17(2)16-21(25-22(28)20-7-5-4-6-18(20)3)23(29)27-14-12-26(13-15-27)19-8-10-24-11-9-19/h4-11,17,21H,12-16H2,1-3H3,(H,25,28)/p+1/t21-/m1/s1. The van der Waals surface area contributed by atoms with Crippen LogP contribution < -0.4 is 15.2 Å². The minimum atomic E-state index is -0.500. The Bertz CT molecular complexity index is 830. The summed E-state index contributed by atoms with van der Waals surface area (Å²) in [6.45, 7) is 8.95. The molecular weight excluding hydrogens is 364 g/mol. The number of piperazine rings is 1. The number of rotatable bonds is 6. The summed E-state index contributed by atoms with van der Waals surface area (Å²) in [6.07, 6.45) is 4.45. The van der Waals surface area contributed by atoms with Gasteiger partial charge in [0.25, 0.3) is 5.91 Å². The maximum Gasteiger partial charge on any atom is 0.252 e. The summed E-state index contributed by atoms with van der Waals surface area (Å²) in [4.78, 5) is 33.2. The second kappa shape index (κ2) is 9.54. The third-order valence-electron chi connectivity index (χ3n) is 5.36. The molecule has 1 aromatic carbocycles. The summed E-state index contributed by atoms with van der Waals surface area (Å²) in [6, 6.07) is 11.1. The van der Waals surface area contributed by atoms with Gasteiger partial charge in [0.15, 0.2) is 12.4 Å². The topological polar surface area (TPSA) is 66.8 Å². The fourth-order valence-corrected chi connectivity index (χ4v) is 3.75. The number of aryl methyl sites for hydroxylation is 1. The third-order valence-corrected chi connectivity index (χ3v) is 5.36. The molecule has 6 nitrogen and oxygen atoms in total. The van der Waals surface area contributed by atoms with E-state index >= 15 is 0 Å². The number of pyridine rings is 1. The molecule has 2 heterocycles. The minimum Gasteiger partial charge on any atom is -0.368 e. The second-order valence-corrected chi connectivity index (χ2v) is 8.04. The summed E-state index contributed by atoms with van der Waals surface area (Å²) in [5, 5.41) is 3.00. The zero-order valence-electron chi connectivity index (χ0n) is 17.5. The molecule has 0 bridgehead atoms. The average molecular weight is 396 g/mol. The van der Waals surface area contributed by atoms with Crippen molar-refractivity contribution in [3.63, 3.8) is 0 Å². The number of nitrogens with one attached hydrogen (secondary N) is 2. The third kappa shape index (κ3) is 5.34. The van der Waals surface area contributed by atoms with Gasteiger partial charge in [0, 0.05) is 49.6 Å². The van der Waals surface area contributed by atoms with Gasteiger partial charge in [-0.25, -0.2) is 4.98 Å². The molecule has 1 aromatic heterocycles. The predicted molar refractivity (Wildman–Crippen MR) is 114 cm³/mol. The van der Waals surface area contributed by atoms with Crippen molar-refractivity contribution in [2.75, 3.05) is 31.1 Å². The molecule has 6 heteroatoms. The van der Waals surface area contributed by atoms with E-state index in [0.29, 0.717) is 31.0 Å². The van der Waals surface area contributed by atoms with Crippen LogP contribution in [0.3, 0.4) is 0 Å². The fourth-order valence-electron chi connectivity index (χ4n) is 3.75. The molecule has 2 N–H and O–H groups in total. The Morgan fingerprint density at radius 2 is 1.69 bits per heavy atom.